The molecule has 7 nitrogen and oxygen atoms in total. The van der Waals surface area contributed by atoms with E-state index in [1.54, 1.807) is 36.4 Å². The smallest absolute Gasteiger partial charge is 0.237 e. The summed E-state index contributed by atoms with van der Waals surface area (Å²) < 4.78 is 21.1. The van der Waals surface area contributed by atoms with E-state index in [1.165, 1.54) is 30.8 Å². The monoisotopic (exact) mass is 484 g/mol. The number of aromatic nitrogens is 3. The van der Waals surface area contributed by atoms with E-state index in [4.69, 9.17) is 4.74 Å². The van der Waals surface area contributed by atoms with E-state index in [9.17, 15) is 14.0 Å². The first-order chi connectivity index (χ1) is 16.2. The van der Waals surface area contributed by atoms with Crippen LogP contribution in [0.5, 0.6) is 5.75 Å². The maximum Gasteiger partial charge on any atom is 0.237 e. The Kier molecular flexibility index (Phi) is 8.44. The van der Waals surface area contributed by atoms with Gasteiger partial charge in [-0.15, -0.1) is 10.2 Å². The maximum atomic E-state index is 13.2. The molecule has 2 unspecified atom stereocenters. The quantitative estimate of drug-likeness (QED) is 0.287. The average Bonchev–Trinajstić information content (AvgIpc) is 3.23. The fourth-order valence-electron chi connectivity index (χ4n) is 3.39. The first-order valence-corrected chi connectivity index (χ1v) is 12.0. The second-order valence-electron chi connectivity index (χ2n) is 8.16. The van der Waals surface area contributed by atoms with Gasteiger partial charge in [-0.05, 0) is 70.5 Å². The Balaban J connectivity index is 1.77. The maximum absolute atomic E-state index is 13.2. The van der Waals surface area contributed by atoms with Crippen LogP contribution in [0.25, 0.3) is 0 Å². The molecule has 0 fully saturated rings. The van der Waals surface area contributed by atoms with E-state index in [2.05, 4.69) is 15.5 Å². The number of ether oxygens (including phenoxy) is 1. The van der Waals surface area contributed by atoms with Gasteiger partial charge < -0.3 is 14.6 Å². The van der Waals surface area contributed by atoms with Crippen molar-refractivity contribution in [2.75, 3.05) is 5.32 Å². The molecule has 1 aromatic heterocycles. The molecule has 0 bridgehead atoms. The number of anilines is 1. The SMILES string of the molecule is CCC(Sc1nnc(C(C)Oc2ccc(F)cc2)n1C(C)C)C(=O)Nc1cccc(C(C)=O)c1. The van der Waals surface area contributed by atoms with E-state index < -0.39 is 11.4 Å². The molecule has 9 heteroatoms. The summed E-state index contributed by atoms with van der Waals surface area (Å²) in [7, 11) is 0. The molecule has 1 N–H and O–H groups in total. The van der Waals surface area contributed by atoms with Gasteiger partial charge in [0.25, 0.3) is 0 Å². The molecule has 2 aromatic carbocycles. The number of amides is 1. The first kappa shape index (κ1) is 25.4. The van der Waals surface area contributed by atoms with Crippen LogP contribution in [0.4, 0.5) is 10.1 Å². The Bertz CT molecular complexity index is 1150. The van der Waals surface area contributed by atoms with Crippen LogP contribution in [0.2, 0.25) is 0 Å². The summed E-state index contributed by atoms with van der Waals surface area (Å²) in [5.41, 5.74) is 1.11. The van der Waals surface area contributed by atoms with Crippen molar-refractivity contribution >= 4 is 29.1 Å². The molecule has 1 amide bonds. The van der Waals surface area contributed by atoms with Crippen LogP contribution in [0.1, 0.15) is 69.4 Å². The number of thioether (sulfide) groups is 1. The van der Waals surface area contributed by atoms with E-state index in [1.807, 2.05) is 32.3 Å². The summed E-state index contributed by atoms with van der Waals surface area (Å²) in [5, 5.41) is 11.8. The zero-order valence-corrected chi connectivity index (χ0v) is 20.7. The summed E-state index contributed by atoms with van der Waals surface area (Å²) in [4.78, 5) is 24.6. The molecule has 0 aliphatic carbocycles. The van der Waals surface area contributed by atoms with Crippen LogP contribution in [-0.4, -0.2) is 31.7 Å². The number of ketones is 1. The van der Waals surface area contributed by atoms with E-state index in [0.29, 0.717) is 34.4 Å². The minimum absolute atomic E-state index is 0.0274. The zero-order valence-electron chi connectivity index (χ0n) is 19.9. The second-order valence-corrected chi connectivity index (χ2v) is 9.33. The molecule has 0 spiro atoms. The third-order valence-electron chi connectivity index (χ3n) is 5.14. The first-order valence-electron chi connectivity index (χ1n) is 11.1. The molecule has 0 aliphatic heterocycles. The summed E-state index contributed by atoms with van der Waals surface area (Å²) in [6.45, 7) is 9.29. The molecule has 0 aliphatic rings. The average molecular weight is 485 g/mol. The van der Waals surface area contributed by atoms with Crippen LogP contribution in [0, 0.1) is 5.82 Å². The highest BCUT2D eigenvalue weighted by molar-refractivity contribution is 8.00. The third-order valence-corrected chi connectivity index (χ3v) is 6.47. The van der Waals surface area contributed by atoms with E-state index in [0.717, 1.165) is 0 Å². The molecule has 3 rings (SSSR count). The number of carbonyl (C=O) groups excluding carboxylic acids is 2. The lowest BCUT2D eigenvalue weighted by Crippen LogP contribution is -2.25. The molecular formula is C25H29FN4O3S. The van der Waals surface area contributed by atoms with Gasteiger partial charge in [0.15, 0.2) is 22.9 Å². The van der Waals surface area contributed by atoms with Gasteiger partial charge in [-0.1, -0.05) is 30.8 Å². The lowest BCUT2D eigenvalue weighted by atomic mass is 10.1. The number of nitrogens with zero attached hydrogens (tertiary/aromatic N) is 3. The number of hydrogen-bond acceptors (Lipinski definition) is 6. The number of Topliss-reactive ketones (excluding diaryl/α,β-unsaturated/α-hetero) is 1. The fourth-order valence-corrected chi connectivity index (χ4v) is 4.48. The van der Waals surface area contributed by atoms with Gasteiger partial charge in [-0.2, -0.15) is 0 Å². The Morgan fingerprint density at radius 1 is 1.12 bits per heavy atom. The van der Waals surface area contributed by atoms with Crippen LogP contribution < -0.4 is 10.1 Å². The van der Waals surface area contributed by atoms with Crippen molar-refractivity contribution in [2.45, 2.75) is 63.6 Å². The lowest BCUT2D eigenvalue weighted by molar-refractivity contribution is -0.115. The van der Waals surface area contributed by atoms with E-state index in [-0.39, 0.29) is 23.5 Å². The predicted molar refractivity (Wildman–Crippen MR) is 131 cm³/mol. The highest BCUT2D eigenvalue weighted by Crippen LogP contribution is 2.31. The Morgan fingerprint density at radius 3 is 2.44 bits per heavy atom. The summed E-state index contributed by atoms with van der Waals surface area (Å²) in [5.74, 6) is 0.572. The third kappa shape index (κ3) is 6.22. The summed E-state index contributed by atoms with van der Waals surface area (Å²) in [6, 6.07) is 12.7. The van der Waals surface area contributed by atoms with Crippen LogP contribution in [0.15, 0.2) is 53.7 Å². The van der Waals surface area contributed by atoms with Crippen molar-refractivity contribution in [3.63, 3.8) is 0 Å². The van der Waals surface area contributed by atoms with Gasteiger partial charge in [0.2, 0.25) is 5.91 Å². The zero-order chi connectivity index (χ0) is 24.8. The van der Waals surface area contributed by atoms with Gasteiger partial charge in [-0.3, -0.25) is 9.59 Å². The van der Waals surface area contributed by atoms with Crippen molar-refractivity contribution in [1.82, 2.24) is 14.8 Å². The standard InChI is InChI=1S/C25H29FN4O3S/c1-6-22(24(32)27-20-9-7-8-18(14-20)16(4)31)34-25-29-28-23(30(25)15(2)3)17(5)33-21-12-10-19(26)11-13-21/h7-15,17,22H,6H2,1-5H3,(H,27,32). The minimum atomic E-state index is -0.432. The van der Waals surface area contributed by atoms with Crippen LogP contribution in [0.3, 0.4) is 0 Å². The number of halogens is 1. The predicted octanol–water partition coefficient (Wildman–Crippen LogP) is 5.85. The molecule has 2 atom stereocenters. The van der Waals surface area contributed by atoms with Gasteiger partial charge in [0, 0.05) is 17.3 Å². The number of benzene rings is 2. The fraction of sp³-hybridized carbons (Fsp3) is 0.360. The number of nitrogens with one attached hydrogen (secondary N) is 1. The van der Waals surface area contributed by atoms with Crippen molar-refractivity contribution in [1.29, 1.82) is 0 Å². The largest absolute Gasteiger partial charge is 0.483 e. The molecule has 34 heavy (non-hydrogen) atoms. The van der Waals surface area contributed by atoms with Crippen molar-refractivity contribution < 1.29 is 18.7 Å². The minimum Gasteiger partial charge on any atom is -0.483 e. The van der Waals surface area contributed by atoms with Gasteiger partial charge in [0.1, 0.15) is 11.6 Å². The van der Waals surface area contributed by atoms with E-state index >= 15 is 0 Å². The van der Waals surface area contributed by atoms with Gasteiger partial charge >= 0.3 is 0 Å². The molecule has 0 saturated carbocycles. The van der Waals surface area contributed by atoms with Gasteiger partial charge in [0.05, 0.1) is 5.25 Å². The Hall–Kier alpha value is -3.20. The van der Waals surface area contributed by atoms with Gasteiger partial charge in [-0.25, -0.2) is 4.39 Å². The lowest BCUT2D eigenvalue weighted by Gasteiger charge is -2.20. The molecular weight excluding hydrogens is 455 g/mol. The van der Waals surface area contributed by atoms with Crippen LogP contribution >= 0.6 is 11.8 Å². The number of carbonyl (C=O) groups is 2. The molecule has 1 heterocycles. The molecule has 3 aromatic rings. The summed E-state index contributed by atoms with van der Waals surface area (Å²) in [6.07, 6.45) is 0.142. The van der Waals surface area contributed by atoms with Crippen molar-refractivity contribution in [3.8, 4) is 5.75 Å². The van der Waals surface area contributed by atoms with Crippen molar-refractivity contribution in [2.24, 2.45) is 0 Å². The summed E-state index contributed by atoms with van der Waals surface area (Å²) >= 11 is 1.33. The Labute approximate surface area is 203 Å². The molecule has 0 saturated heterocycles. The second kappa shape index (κ2) is 11.3. The molecule has 0 radical (unpaired) electrons. The Morgan fingerprint density at radius 2 is 1.82 bits per heavy atom. The highest BCUT2D eigenvalue weighted by atomic mass is 32.2. The normalized spacial score (nSPS) is 12.9. The molecule has 180 valence electrons. The highest BCUT2D eigenvalue weighted by Gasteiger charge is 2.26. The number of rotatable bonds is 10. The van der Waals surface area contributed by atoms with Crippen LogP contribution in [-0.2, 0) is 4.79 Å². The number of hydrogen-bond donors (Lipinski definition) is 1. The van der Waals surface area contributed by atoms with Crippen molar-refractivity contribution in [3.05, 3.63) is 65.7 Å². The topological polar surface area (TPSA) is 86.1 Å².